The maximum atomic E-state index is 12.9. The van der Waals surface area contributed by atoms with Gasteiger partial charge in [-0.15, -0.1) is 0 Å². The van der Waals surface area contributed by atoms with Crippen LogP contribution in [0.15, 0.2) is 48.5 Å². The monoisotopic (exact) mass is 478 g/mol. The molecule has 0 unspecified atom stereocenters. The van der Waals surface area contributed by atoms with Crippen LogP contribution in [-0.2, 0) is 19.1 Å². The largest absolute Gasteiger partial charge is 0.481 e. The second-order valence-electron chi connectivity index (χ2n) is 9.50. The number of rotatable bonds is 6. The second kappa shape index (κ2) is 10.1. The first-order valence-electron chi connectivity index (χ1n) is 12.3. The minimum absolute atomic E-state index is 0.0497. The van der Waals surface area contributed by atoms with Gasteiger partial charge in [-0.1, -0.05) is 61.4 Å². The van der Waals surface area contributed by atoms with E-state index in [4.69, 9.17) is 9.47 Å². The molecule has 8 heteroatoms. The summed E-state index contributed by atoms with van der Waals surface area (Å²) in [5, 5.41) is 15.1. The third-order valence-electron chi connectivity index (χ3n) is 7.41. The van der Waals surface area contributed by atoms with E-state index in [9.17, 15) is 19.5 Å². The summed E-state index contributed by atoms with van der Waals surface area (Å²) in [7, 11) is 0. The first-order chi connectivity index (χ1) is 17.0. The van der Waals surface area contributed by atoms with Crippen molar-refractivity contribution < 1.29 is 29.0 Å². The Morgan fingerprint density at radius 3 is 2.23 bits per heavy atom. The lowest BCUT2D eigenvalue weighted by Gasteiger charge is -2.30. The molecule has 1 saturated heterocycles. The van der Waals surface area contributed by atoms with E-state index >= 15 is 0 Å². The Morgan fingerprint density at radius 1 is 0.886 bits per heavy atom. The van der Waals surface area contributed by atoms with E-state index in [-0.39, 0.29) is 18.4 Å². The topological polar surface area (TPSA) is 114 Å². The number of aliphatic carboxylic acids is 1. The van der Waals surface area contributed by atoms with Crippen LogP contribution in [-0.4, -0.2) is 54.5 Å². The molecule has 2 aliphatic carbocycles. The van der Waals surface area contributed by atoms with Crippen LogP contribution in [0.2, 0.25) is 0 Å². The molecule has 2 aromatic carbocycles. The van der Waals surface area contributed by atoms with E-state index in [1.165, 1.54) is 0 Å². The highest BCUT2D eigenvalue weighted by Crippen LogP contribution is 2.44. The van der Waals surface area contributed by atoms with Crippen LogP contribution >= 0.6 is 0 Å². The van der Waals surface area contributed by atoms with E-state index in [1.54, 1.807) is 0 Å². The van der Waals surface area contributed by atoms with E-state index in [2.05, 4.69) is 34.9 Å². The molecule has 2 fully saturated rings. The molecule has 184 valence electrons. The highest BCUT2D eigenvalue weighted by Gasteiger charge is 2.39. The van der Waals surface area contributed by atoms with Crippen molar-refractivity contribution in [2.75, 3.05) is 13.2 Å². The molecule has 0 aromatic heterocycles. The van der Waals surface area contributed by atoms with Gasteiger partial charge in [-0.3, -0.25) is 9.59 Å². The number of ether oxygens (including phenoxy) is 2. The molecule has 3 aliphatic rings. The van der Waals surface area contributed by atoms with Crippen LogP contribution in [0.25, 0.3) is 11.1 Å². The van der Waals surface area contributed by atoms with Crippen molar-refractivity contribution in [2.45, 2.75) is 56.2 Å². The molecule has 0 radical (unpaired) electrons. The summed E-state index contributed by atoms with van der Waals surface area (Å²) in [6.45, 7) is 0.520. The van der Waals surface area contributed by atoms with Crippen LogP contribution in [0.4, 0.5) is 4.79 Å². The maximum absolute atomic E-state index is 12.9. The van der Waals surface area contributed by atoms with Gasteiger partial charge in [0, 0.05) is 18.6 Å². The van der Waals surface area contributed by atoms with Crippen molar-refractivity contribution in [3.05, 3.63) is 59.7 Å². The van der Waals surface area contributed by atoms with Gasteiger partial charge in [-0.25, -0.2) is 4.79 Å². The Balaban J connectivity index is 1.19. The van der Waals surface area contributed by atoms with Gasteiger partial charge in [-0.05, 0) is 41.5 Å². The molecule has 5 rings (SSSR count). The Bertz CT molecular complexity index is 1070. The van der Waals surface area contributed by atoms with E-state index < -0.39 is 36.2 Å². The van der Waals surface area contributed by atoms with Gasteiger partial charge in [0.15, 0.2) is 6.10 Å². The molecule has 2 aromatic rings. The van der Waals surface area contributed by atoms with Crippen molar-refractivity contribution in [3.63, 3.8) is 0 Å². The highest BCUT2D eigenvalue weighted by molar-refractivity contribution is 5.84. The molecule has 1 heterocycles. The first-order valence-corrected chi connectivity index (χ1v) is 12.3. The van der Waals surface area contributed by atoms with E-state index in [0.717, 1.165) is 35.1 Å². The zero-order valence-corrected chi connectivity index (χ0v) is 19.4. The van der Waals surface area contributed by atoms with Gasteiger partial charge in [0.1, 0.15) is 6.61 Å². The van der Waals surface area contributed by atoms with Crippen LogP contribution in [0.1, 0.15) is 49.1 Å². The molecule has 4 atom stereocenters. The lowest BCUT2D eigenvalue weighted by molar-refractivity contribution is -0.144. The molecule has 3 N–H and O–H groups in total. The van der Waals surface area contributed by atoms with Crippen LogP contribution in [0, 0.1) is 5.92 Å². The molecule has 35 heavy (non-hydrogen) atoms. The Kier molecular flexibility index (Phi) is 6.72. The van der Waals surface area contributed by atoms with E-state index in [1.807, 2.05) is 24.3 Å². The van der Waals surface area contributed by atoms with Gasteiger partial charge >= 0.3 is 12.1 Å². The first kappa shape index (κ1) is 23.4. The zero-order valence-electron chi connectivity index (χ0n) is 19.4. The third-order valence-corrected chi connectivity index (χ3v) is 7.41. The lowest BCUT2D eigenvalue weighted by Crippen LogP contribution is -2.53. The second-order valence-corrected chi connectivity index (χ2v) is 9.50. The standard InChI is InChI=1S/C27H30N2O6/c30-25(28-22-12-6-5-11-20(22)26(31)32)24-23(13-14-34-24)29-27(33)35-15-21-18-9-3-1-7-16(18)17-8-2-4-10-19(17)21/h1-4,7-10,20-24H,5-6,11-15H2,(H,28,30)(H,29,33)(H,31,32)/t20-,22+,23+,24-/m1/s1. The number of carboxylic acids is 1. The van der Waals surface area contributed by atoms with Crippen LogP contribution in [0.5, 0.6) is 0 Å². The van der Waals surface area contributed by atoms with Gasteiger partial charge in [0.2, 0.25) is 0 Å². The predicted octanol–water partition coefficient (Wildman–Crippen LogP) is 3.44. The average molecular weight is 479 g/mol. The summed E-state index contributed by atoms with van der Waals surface area (Å²) >= 11 is 0. The summed E-state index contributed by atoms with van der Waals surface area (Å²) in [6, 6.07) is 15.3. The Morgan fingerprint density at radius 2 is 1.54 bits per heavy atom. The summed E-state index contributed by atoms with van der Waals surface area (Å²) < 4.78 is 11.2. The predicted molar refractivity (Wildman–Crippen MR) is 128 cm³/mol. The van der Waals surface area contributed by atoms with Crippen molar-refractivity contribution in [1.29, 1.82) is 0 Å². The normalized spacial score (nSPS) is 25.4. The van der Waals surface area contributed by atoms with Crippen molar-refractivity contribution >= 4 is 18.0 Å². The molecule has 2 amide bonds. The molecule has 0 spiro atoms. The summed E-state index contributed by atoms with van der Waals surface area (Å²) in [5.74, 6) is -1.92. The number of benzene rings is 2. The number of fused-ring (bicyclic) bond motifs is 3. The van der Waals surface area contributed by atoms with Gasteiger partial charge in [0.25, 0.3) is 5.91 Å². The molecular weight excluding hydrogens is 448 g/mol. The van der Waals surface area contributed by atoms with Crippen molar-refractivity contribution in [1.82, 2.24) is 10.6 Å². The quantitative estimate of drug-likeness (QED) is 0.586. The zero-order chi connectivity index (χ0) is 24.4. The number of carbonyl (C=O) groups is 3. The minimum Gasteiger partial charge on any atom is -0.481 e. The lowest BCUT2D eigenvalue weighted by atomic mass is 9.84. The van der Waals surface area contributed by atoms with Crippen molar-refractivity contribution in [2.24, 2.45) is 5.92 Å². The highest BCUT2D eigenvalue weighted by atomic mass is 16.6. The van der Waals surface area contributed by atoms with Crippen LogP contribution in [0.3, 0.4) is 0 Å². The van der Waals surface area contributed by atoms with Gasteiger partial charge in [0.05, 0.1) is 12.0 Å². The molecule has 0 bridgehead atoms. The van der Waals surface area contributed by atoms with Gasteiger partial charge in [-0.2, -0.15) is 0 Å². The fourth-order valence-corrected chi connectivity index (χ4v) is 5.65. The Hall–Kier alpha value is -3.39. The number of hydrogen-bond donors (Lipinski definition) is 3. The number of amides is 2. The number of alkyl carbamates (subject to hydrolysis) is 1. The molecule has 8 nitrogen and oxygen atoms in total. The SMILES string of the molecule is O=C(N[C@H]1CCO[C@H]1C(=O)N[C@H]1CCCC[C@H]1C(=O)O)OCC1c2ccccc2-c2ccccc21. The van der Waals surface area contributed by atoms with E-state index in [0.29, 0.717) is 25.9 Å². The van der Waals surface area contributed by atoms with Gasteiger partial charge < -0.3 is 25.2 Å². The molecule has 1 aliphatic heterocycles. The molecule has 1 saturated carbocycles. The van der Waals surface area contributed by atoms with Crippen LogP contribution < -0.4 is 10.6 Å². The minimum atomic E-state index is -0.893. The average Bonchev–Trinajstić information content (AvgIpc) is 3.45. The van der Waals surface area contributed by atoms with Crippen molar-refractivity contribution in [3.8, 4) is 11.1 Å². The number of carbonyl (C=O) groups excluding carboxylic acids is 2. The Labute approximate surface area is 204 Å². The summed E-state index contributed by atoms with van der Waals surface area (Å²) in [6.07, 6.45) is 1.91. The summed E-state index contributed by atoms with van der Waals surface area (Å²) in [5.41, 5.74) is 4.56. The summed E-state index contributed by atoms with van der Waals surface area (Å²) in [4.78, 5) is 37.1. The maximum Gasteiger partial charge on any atom is 0.407 e. The number of nitrogens with one attached hydrogen (secondary N) is 2. The molecular formula is C27H30N2O6. The third kappa shape index (κ3) is 4.75. The smallest absolute Gasteiger partial charge is 0.407 e. The fourth-order valence-electron chi connectivity index (χ4n) is 5.65. The number of carboxylic acid groups (broad SMARTS) is 1. The number of hydrogen-bond acceptors (Lipinski definition) is 5. The fraction of sp³-hybridized carbons (Fsp3) is 0.444.